The van der Waals surface area contributed by atoms with Crippen LogP contribution in [0.2, 0.25) is 0 Å². The molecule has 5 rings (SSSR count). The Labute approximate surface area is 251 Å². The number of fused-ring (bicyclic) bond motifs is 3. The van der Waals surface area contributed by atoms with Gasteiger partial charge in [-0.2, -0.15) is 41.5 Å². The van der Waals surface area contributed by atoms with Crippen molar-refractivity contribution in [1.82, 2.24) is 0 Å². The van der Waals surface area contributed by atoms with Gasteiger partial charge >= 0.3 is 41.3 Å². The molecule has 1 heterocycles. The van der Waals surface area contributed by atoms with Crippen LogP contribution in [0.15, 0.2) is 77.6 Å². The number of halogens is 2. The molecule has 0 aliphatic heterocycles. The molecule has 1 aliphatic rings. The Bertz CT molecular complexity index is 1160. The standard InChI is InChI=1S/C21H25.C9H7O.C3H6.2ClH.Zr/c1-20(2,3)16-9-7-14-11-15-8-10-17(21(4,5)6)13-19(15)18(14)12-16;1-2-4-8(3-1)9-5-6-10-7-9;1-3-2;;;/h7,9-10,12-13H,11H2,1-6H3;1-7H;1-2H3;2*1H;/q2*-1;;;;+2/p-2. The average molecular weight is 613 g/mol. The zero-order valence-corrected chi connectivity index (χ0v) is 27.3. The van der Waals surface area contributed by atoms with Crippen molar-refractivity contribution in [3.05, 3.63) is 102 Å². The zero-order valence-electron chi connectivity index (χ0n) is 23.3. The van der Waals surface area contributed by atoms with Crippen LogP contribution in [0.5, 0.6) is 0 Å². The number of hydrogen-bond donors (Lipinski definition) is 0. The second kappa shape index (κ2) is 14.0. The summed E-state index contributed by atoms with van der Waals surface area (Å²) >= 11 is 1.55. The molecule has 1 aromatic heterocycles. The van der Waals surface area contributed by atoms with Crippen molar-refractivity contribution in [3.8, 4) is 22.3 Å². The summed E-state index contributed by atoms with van der Waals surface area (Å²) in [6, 6.07) is 25.2. The summed E-state index contributed by atoms with van der Waals surface area (Å²) in [5, 5.41) is 0. The van der Waals surface area contributed by atoms with E-state index in [4.69, 9.17) is 4.42 Å². The molecule has 0 unspecified atom stereocenters. The van der Waals surface area contributed by atoms with Gasteiger partial charge in [-0.05, 0) is 17.4 Å². The van der Waals surface area contributed by atoms with Gasteiger partial charge in [0.1, 0.15) is 0 Å². The smallest absolute Gasteiger partial charge is 0.0471 e. The number of rotatable bonds is 1. The maximum absolute atomic E-state index is 4.94. The summed E-state index contributed by atoms with van der Waals surface area (Å²) in [5.74, 6) is 0. The average Bonchev–Trinajstić information content (AvgIpc) is 3.51. The van der Waals surface area contributed by atoms with Gasteiger partial charge in [-0.3, -0.25) is 0 Å². The van der Waals surface area contributed by atoms with Gasteiger partial charge in [-0.1, -0.05) is 93.5 Å². The minimum Gasteiger partial charge on any atom is -1.00 e. The van der Waals surface area contributed by atoms with Gasteiger partial charge in [0.15, 0.2) is 0 Å². The minimum absolute atomic E-state index is 0. The summed E-state index contributed by atoms with van der Waals surface area (Å²) in [7, 11) is 0. The Hall–Kier alpha value is -1.60. The second-order valence-electron chi connectivity index (χ2n) is 11.5. The molecule has 0 amide bonds. The number of benzene rings is 2. The predicted molar refractivity (Wildman–Crippen MR) is 147 cm³/mol. The molecule has 0 saturated heterocycles. The second-order valence-corrected chi connectivity index (χ2v) is 14.0. The maximum Gasteiger partial charge on any atom is 0.0471 e. The van der Waals surface area contributed by atoms with Crippen molar-refractivity contribution in [2.75, 3.05) is 0 Å². The molecule has 196 valence electrons. The third-order valence-electron chi connectivity index (χ3n) is 6.04. The molecule has 3 aromatic carbocycles. The Kier molecular flexibility index (Phi) is 12.6. The van der Waals surface area contributed by atoms with E-state index in [0.717, 1.165) is 12.0 Å². The van der Waals surface area contributed by atoms with E-state index < -0.39 is 0 Å². The van der Waals surface area contributed by atoms with E-state index in [0.29, 0.717) is 0 Å². The van der Waals surface area contributed by atoms with Crippen LogP contribution in [0.1, 0.15) is 77.6 Å². The van der Waals surface area contributed by atoms with Gasteiger partial charge in [-0.15, -0.1) is 17.7 Å². The minimum atomic E-state index is 0. The molecule has 0 N–H and O–H groups in total. The molecule has 4 heteroatoms. The van der Waals surface area contributed by atoms with Crippen LogP contribution in [0, 0.1) is 6.07 Å². The molecule has 0 saturated carbocycles. The van der Waals surface area contributed by atoms with Crippen molar-refractivity contribution in [2.45, 2.75) is 72.6 Å². The Morgan fingerprint density at radius 3 is 1.95 bits per heavy atom. The van der Waals surface area contributed by atoms with E-state index in [1.54, 1.807) is 36.8 Å². The van der Waals surface area contributed by atoms with Gasteiger partial charge in [0.05, 0.1) is 0 Å². The number of hydrogen-bond acceptors (Lipinski definition) is 1. The molecule has 0 spiro atoms. The van der Waals surface area contributed by atoms with Crippen molar-refractivity contribution in [2.24, 2.45) is 0 Å². The largest absolute Gasteiger partial charge is 1.00 e. The molecule has 0 radical (unpaired) electrons. The predicted octanol–water partition coefficient (Wildman–Crippen LogP) is 3.07. The molecule has 0 bridgehead atoms. The number of furan rings is 1. The first-order valence-corrected chi connectivity index (χ1v) is 13.5. The topological polar surface area (TPSA) is 13.1 Å². The SMILES string of the molecule is CC(C)(C)c1c[c-]c2c(c1)-c1cc(C(C)(C)C)ccc1C2.C[C](C)=[Zr+2].[Cl-].[Cl-].c1cc[c-](-c2ccoc2)c1. The van der Waals surface area contributed by atoms with Gasteiger partial charge < -0.3 is 29.2 Å². The molecule has 1 aliphatic carbocycles. The third-order valence-corrected chi connectivity index (χ3v) is 6.04. The van der Waals surface area contributed by atoms with Gasteiger partial charge in [-0.25, -0.2) is 0 Å². The molecular formula is C33H38Cl2OZr-2. The Morgan fingerprint density at radius 1 is 0.865 bits per heavy atom. The first-order chi connectivity index (χ1) is 16.4. The van der Waals surface area contributed by atoms with E-state index in [2.05, 4.69) is 104 Å². The molecule has 4 aromatic rings. The summed E-state index contributed by atoms with van der Waals surface area (Å²) in [4.78, 5) is 0. The van der Waals surface area contributed by atoms with Crippen LogP contribution in [-0.4, -0.2) is 3.21 Å². The van der Waals surface area contributed by atoms with Crippen molar-refractivity contribution in [1.29, 1.82) is 0 Å². The fourth-order valence-electron chi connectivity index (χ4n) is 3.98. The zero-order chi connectivity index (χ0) is 25.8. The summed E-state index contributed by atoms with van der Waals surface area (Å²) in [5.41, 5.74) is 11.1. The fourth-order valence-corrected chi connectivity index (χ4v) is 3.98. The van der Waals surface area contributed by atoms with Gasteiger partial charge in [0.25, 0.3) is 0 Å². The van der Waals surface area contributed by atoms with E-state index in [1.807, 2.05) is 18.2 Å². The van der Waals surface area contributed by atoms with Crippen LogP contribution in [-0.2, 0) is 41.5 Å². The first-order valence-electron chi connectivity index (χ1n) is 12.3. The molecule has 1 nitrogen and oxygen atoms in total. The van der Waals surface area contributed by atoms with Crippen LogP contribution in [0.4, 0.5) is 0 Å². The van der Waals surface area contributed by atoms with Crippen LogP contribution in [0.25, 0.3) is 22.3 Å². The molecular weight excluding hydrogens is 574 g/mol. The monoisotopic (exact) mass is 610 g/mol. The molecule has 37 heavy (non-hydrogen) atoms. The fraction of sp³-hybridized carbons (Fsp3) is 0.333. The van der Waals surface area contributed by atoms with Crippen molar-refractivity contribution in [3.63, 3.8) is 0 Å². The summed E-state index contributed by atoms with van der Waals surface area (Å²) in [6.45, 7) is 17.9. The normalized spacial score (nSPS) is 11.4. The van der Waals surface area contributed by atoms with Gasteiger partial charge in [0, 0.05) is 12.5 Å². The Morgan fingerprint density at radius 2 is 1.43 bits per heavy atom. The van der Waals surface area contributed by atoms with Crippen molar-refractivity contribution >= 4 is 3.21 Å². The van der Waals surface area contributed by atoms with E-state index in [-0.39, 0.29) is 35.6 Å². The maximum atomic E-state index is 4.94. The van der Waals surface area contributed by atoms with Crippen molar-refractivity contribution < 1.29 is 53.5 Å². The van der Waals surface area contributed by atoms with E-state index in [1.165, 1.54) is 42.2 Å². The summed E-state index contributed by atoms with van der Waals surface area (Å²) < 4.78 is 6.44. The quantitative estimate of drug-likeness (QED) is 0.266. The molecule has 0 atom stereocenters. The summed E-state index contributed by atoms with van der Waals surface area (Å²) in [6.07, 6.45) is 4.46. The van der Waals surface area contributed by atoms with E-state index >= 15 is 0 Å². The molecule has 0 fully saturated rings. The first kappa shape index (κ1) is 33.4. The van der Waals surface area contributed by atoms with Crippen LogP contribution in [0.3, 0.4) is 0 Å². The van der Waals surface area contributed by atoms with Crippen LogP contribution >= 0.6 is 0 Å². The Balaban J connectivity index is 0.000000358. The van der Waals surface area contributed by atoms with Crippen LogP contribution < -0.4 is 24.8 Å². The van der Waals surface area contributed by atoms with E-state index in [9.17, 15) is 0 Å². The van der Waals surface area contributed by atoms with Gasteiger partial charge in [0.2, 0.25) is 0 Å². The third kappa shape index (κ3) is 9.28.